The lowest BCUT2D eigenvalue weighted by atomic mass is 9.93. The summed E-state index contributed by atoms with van der Waals surface area (Å²) in [6, 6.07) is 5.97. The number of primary amides is 1. The minimum absolute atomic E-state index is 0.295. The second-order valence-corrected chi connectivity index (χ2v) is 5.67. The van der Waals surface area contributed by atoms with Crippen molar-refractivity contribution in [2.75, 3.05) is 13.2 Å². The molecule has 1 amide bonds. The highest BCUT2D eigenvalue weighted by atomic mass is 16.5. The van der Waals surface area contributed by atoms with Gasteiger partial charge in [-0.15, -0.1) is 0 Å². The van der Waals surface area contributed by atoms with E-state index in [0.717, 1.165) is 18.6 Å². The molecule has 0 saturated heterocycles. The number of aryl methyl sites for hydroxylation is 2. The highest BCUT2D eigenvalue weighted by Gasteiger charge is 2.50. The molecule has 0 spiro atoms. The summed E-state index contributed by atoms with van der Waals surface area (Å²) >= 11 is 0. The third kappa shape index (κ3) is 2.96. The van der Waals surface area contributed by atoms with E-state index in [0.29, 0.717) is 19.1 Å². The zero-order valence-electron chi connectivity index (χ0n) is 12.5. The van der Waals surface area contributed by atoms with Crippen LogP contribution in [0.2, 0.25) is 0 Å². The van der Waals surface area contributed by atoms with Crippen LogP contribution in [0.15, 0.2) is 18.2 Å². The molecule has 20 heavy (non-hydrogen) atoms. The lowest BCUT2D eigenvalue weighted by Crippen LogP contribution is -2.61. The van der Waals surface area contributed by atoms with E-state index in [1.165, 1.54) is 11.1 Å². The third-order valence-electron chi connectivity index (χ3n) is 4.15. The zero-order chi connectivity index (χ0) is 14.8. The molecule has 0 radical (unpaired) electrons. The van der Waals surface area contributed by atoms with Gasteiger partial charge in [-0.2, -0.15) is 0 Å². The lowest BCUT2D eigenvalue weighted by Gasteiger charge is -2.31. The quantitative estimate of drug-likeness (QED) is 0.799. The van der Waals surface area contributed by atoms with Crippen molar-refractivity contribution in [2.24, 2.45) is 11.7 Å². The van der Waals surface area contributed by atoms with Crippen molar-refractivity contribution in [2.45, 2.75) is 39.2 Å². The molecular formula is C16H24N2O2. The van der Waals surface area contributed by atoms with Crippen LogP contribution in [0.25, 0.3) is 0 Å². The first-order valence-corrected chi connectivity index (χ1v) is 7.24. The van der Waals surface area contributed by atoms with Gasteiger partial charge in [0.05, 0.1) is 0 Å². The van der Waals surface area contributed by atoms with Gasteiger partial charge in [-0.1, -0.05) is 13.0 Å². The van der Waals surface area contributed by atoms with E-state index in [1.54, 1.807) is 0 Å². The second-order valence-electron chi connectivity index (χ2n) is 5.67. The van der Waals surface area contributed by atoms with Crippen molar-refractivity contribution in [3.8, 4) is 5.75 Å². The molecule has 1 aromatic rings. The van der Waals surface area contributed by atoms with Crippen molar-refractivity contribution in [3.05, 3.63) is 29.3 Å². The molecule has 1 aliphatic carbocycles. The fourth-order valence-electron chi connectivity index (χ4n) is 2.57. The summed E-state index contributed by atoms with van der Waals surface area (Å²) in [6.45, 7) is 7.10. The number of nitrogens with one attached hydrogen (secondary N) is 1. The summed E-state index contributed by atoms with van der Waals surface area (Å²) < 4.78 is 5.86. The maximum atomic E-state index is 11.9. The molecule has 1 aromatic carbocycles. The van der Waals surface area contributed by atoms with Crippen LogP contribution in [-0.4, -0.2) is 24.6 Å². The Morgan fingerprint density at radius 2 is 2.10 bits per heavy atom. The topological polar surface area (TPSA) is 64.3 Å². The molecule has 0 aliphatic heterocycles. The number of amides is 1. The minimum atomic E-state index is -0.729. The number of carbonyl (C=O) groups excluding carboxylic acids is 1. The Hall–Kier alpha value is -1.55. The monoisotopic (exact) mass is 276 g/mol. The van der Waals surface area contributed by atoms with E-state index in [9.17, 15) is 4.79 Å². The maximum absolute atomic E-state index is 11.9. The lowest BCUT2D eigenvalue weighted by molar-refractivity contribution is -0.126. The standard InChI is InChI=1S/C16H24N2O2/c1-4-18-16(15(17)19,13-6-7-13)10-20-14-8-5-11(2)12(3)9-14/h5,8-9,13,18H,4,6-7,10H2,1-3H3,(H2,17,19). The highest BCUT2D eigenvalue weighted by Crippen LogP contribution is 2.40. The Bertz CT molecular complexity index is 497. The largest absolute Gasteiger partial charge is 0.491 e. The maximum Gasteiger partial charge on any atom is 0.241 e. The van der Waals surface area contributed by atoms with Crippen LogP contribution in [0.4, 0.5) is 0 Å². The summed E-state index contributed by atoms with van der Waals surface area (Å²) in [5.41, 5.74) is 7.32. The SMILES string of the molecule is CCNC(COc1ccc(C)c(C)c1)(C(N)=O)C1CC1. The molecule has 3 N–H and O–H groups in total. The Morgan fingerprint density at radius 1 is 1.40 bits per heavy atom. The summed E-state index contributed by atoms with van der Waals surface area (Å²) in [4.78, 5) is 11.9. The van der Waals surface area contributed by atoms with E-state index in [2.05, 4.69) is 19.2 Å². The summed E-state index contributed by atoms with van der Waals surface area (Å²) in [7, 11) is 0. The average Bonchev–Trinajstić information content (AvgIpc) is 3.23. The van der Waals surface area contributed by atoms with Crippen LogP contribution in [0.3, 0.4) is 0 Å². The normalized spacial score (nSPS) is 17.6. The second kappa shape index (κ2) is 5.83. The number of rotatable bonds is 7. The Morgan fingerprint density at radius 3 is 2.60 bits per heavy atom. The van der Waals surface area contributed by atoms with Gasteiger partial charge in [0.1, 0.15) is 17.9 Å². The van der Waals surface area contributed by atoms with E-state index in [-0.39, 0.29) is 5.91 Å². The van der Waals surface area contributed by atoms with Gasteiger partial charge in [-0.25, -0.2) is 0 Å². The van der Waals surface area contributed by atoms with Crippen LogP contribution >= 0.6 is 0 Å². The van der Waals surface area contributed by atoms with Crippen LogP contribution in [-0.2, 0) is 4.79 Å². The molecule has 1 aliphatic rings. The Kier molecular flexibility index (Phi) is 4.33. The predicted molar refractivity (Wildman–Crippen MR) is 79.7 cm³/mol. The van der Waals surface area contributed by atoms with Crippen LogP contribution in [0.5, 0.6) is 5.75 Å². The van der Waals surface area contributed by atoms with Gasteiger partial charge >= 0.3 is 0 Å². The fourth-order valence-corrected chi connectivity index (χ4v) is 2.57. The number of likely N-dealkylation sites (N-methyl/N-ethyl adjacent to an activating group) is 1. The zero-order valence-corrected chi connectivity index (χ0v) is 12.5. The number of carbonyl (C=O) groups is 1. The fraction of sp³-hybridized carbons (Fsp3) is 0.562. The summed E-state index contributed by atoms with van der Waals surface area (Å²) in [5.74, 6) is 0.773. The van der Waals surface area contributed by atoms with Crippen LogP contribution < -0.4 is 15.8 Å². The first-order valence-electron chi connectivity index (χ1n) is 7.24. The molecule has 110 valence electrons. The predicted octanol–water partition coefficient (Wildman–Crippen LogP) is 1.93. The summed E-state index contributed by atoms with van der Waals surface area (Å²) in [5, 5.41) is 3.25. The van der Waals surface area contributed by atoms with Gasteiger partial charge < -0.3 is 15.8 Å². The van der Waals surface area contributed by atoms with Crippen molar-refractivity contribution < 1.29 is 9.53 Å². The van der Waals surface area contributed by atoms with Crippen molar-refractivity contribution in [1.82, 2.24) is 5.32 Å². The first kappa shape index (κ1) is 14.9. The number of hydrogen-bond acceptors (Lipinski definition) is 3. The number of benzene rings is 1. The molecule has 4 nitrogen and oxygen atoms in total. The van der Waals surface area contributed by atoms with Gasteiger partial charge in [0, 0.05) is 0 Å². The Labute approximate surface area is 120 Å². The molecule has 1 saturated carbocycles. The molecule has 2 rings (SSSR count). The Balaban J connectivity index is 2.11. The van der Waals surface area contributed by atoms with Crippen molar-refractivity contribution in [1.29, 1.82) is 0 Å². The smallest absolute Gasteiger partial charge is 0.241 e. The average molecular weight is 276 g/mol. The molecule has 0 bridgehead atoms. The first-order chi connectivity index (χ1) is 9.49. The van der Waals surface area contributed by atoms with Gasteiger partial charge in [0.15, 0.2) is 0 Å². The minimum Gasteiger partial charge on any atom is -0.491 e. The highest BCUT2D eigenvalue weighted by molar-refractivity contribution is 5.85. The van der Waals surface area contributed by atoms with Crippen LogP contribution in [0, 0.1) is 19.8 Å². The summed E-state index contributed by atoms with van der Waals surface area (Å²) in [6.07, 6.45) is 2.07. The van der Waals surface area contributed by atoms with Gasteiger partial charge in [0.2, 0.25) is 5.91 Å². The molecule has 1 fully saturated rings. The van der Waals surface area contributed by atoms with E-state index in [4.69, 9.17) is 10.5 Å². The van der Waals surface area contributed by atoms with E-state index < -0.39 is 5.54 Å². The van der Waals surface area contributed by atoms with E-state index in [1.807, 2.05) is 25.1 Å². The molecule has 1 unspecified atom stereocenters. The van der Waals surface area contributed by atoms with Gasteiger partial charge in [-0.05, 0) is 62.4 Å². The van der Waals surface area contributed by atoms with Gasteiger partial charge in [-0.3, -0.25) is 4.79 Å². The number of hydrogen-bond donors (Lipinski definition) is 2. The molecule has 0 aromatic heterocycles. The molecule has 1 atom stereocenters. The third-order valence-corrected chi connectivity index (χ3v) is 4.15. The molecular weight excluding hydrogens is 252 g/mol. The van der Waals surface area contributed by atoms with Crippen LogP contribution in [0.1, 0.15) is 30.9 Å². The van der Waals surface area contributed by atoms with Gasteiger partial charge in [0.25, 0.3) is 0 Å². The number of nitrogens with two attached hydrogens (primary N) is 1. The molecule has 0 heterocycles. The number of ether oxygens (including phenoxy) is 1. The molecule has 4 heteroatoms. The van der Waals surface area contributed by atoms with E-state index >= 15 is 0 Å². The van der Waals surface area contributed by atoms with Crippen molar-refractivity contribution in [3.63, 3.8) is 0 Å². The van der Waals surface area contributed by atoms with Crippen molar-refractivity contribution >= 4 is 5.91 Å².